The van der Waals surface area contributed by atoms with Gasteiger partial charge in [-0.2, -0.15) is 10.2 Å². The summed E-state index contributed by atoms with van der Waals surface area (Å²) < 4.78 is 3.25. The van der Waals surface area contributed by atoms with Crippen molar-refractivity contribution in [3.05, 3.63) is 28.5 Å². The highest BCUT2D eigenvalue weighted by Crippen LogP contribution is 2.40. The molecule has 1 amide bonds. The number of aromatic hydroxyl groups is 1. The van der Waals surface area contributed by atoms with Gasteiger partial charge >= 0.3 is 0 Å². The van der Waals surface area contributed by atoms with Gasteiger partial charge in [0.2, 0.25) is 0 Å². The summed E-state index contributed by atoms with van der Waals surface area (Å²) in [7, 11) is 1.76. The summed E-state index contributed by atoms with van der Waals surface area (Å²) in [6.07, 6.45) is 2.13. The van der Waals surface area contributed by atoms with Gasteiger partial charge in [-0.1, -0.05) is 0 Å². The van der Waals surface area contributed by atoms with Crippen LogP contribution in [-0.2, 0) is 20.1 Å². The van der Waals surface area contributed by atoms with Gasteiger partial charge in [0.25, 0.3) is 5.91 Å². The van der Waals surface area contributed by atoms with Gasteiger partial charge in [0.05, 0.1) is 11.7 Å². The molecule has 0 saturated carbocycles. The molecule has 12 heteroatoms. The second-order valence-corrected chi connectivity index (χ2v) is 8.08. The summed E-state index contributed by atoms with van der Waals surface area (Å²) in [5.74, 6) is -0.642. The van der Waals surface area contributed by atoms with Crippen molar-refractivity contribution < 1.29 is 15.0 Å². The van der Waals surface area contributed by atoms with Gasteiger partial charge in [0.1, 0.15) is 33.5 Å². The van der Waals surface area contributed by atoms with E-state index in [0.29, 0.717) is 51.7 Å². The van der Waals surface area contributed by atoms with Crippen molar-refractivity contribution in [2.75, 3.05) is 6.61 Å². The molecule has 0 fully saturated rings. The highest BCUT2D eigenvalue weighted by atomic mass is 32.1. The largest absolute Gasteiger partial charge is 0.504 e. The van der Waals surface area contributed by atoms with Gasteiger partial charge in [-0.15, -0.1) is 11.3 Å². The highest BCUT2D eigenvalue weighted by Gasteiger charge is 2.24. The Morgan fingerprint density at radius 2 is 2.06 bits per heavy atom. The summed E-state index contributed by atoms with van der Waals surface area (Å²) in [6.45, 7) is 2.30. The van der Waals surface area contributed by atoms with Crippen molar-refractivity contribution in [2.45, 2.75) is 26.4 Å². The second kappa shape index (κ2) is 8.06. The van der Waals surface area contributed by atoms with Crippen LogP contribution in [0.3, 0.4) is 0 Å². The summed E-state index contributed by atoms with van der Waals surface area (Å²) in [5.41, 5.74) is 14.1. The number of aliphatic hydroxyl groups excluding tert-OH is 1. The molecule has 0 bridgehead atoms. The van der Waals surface area contributed by atoms with Gasteiger partial charge in [-0.3, -0.25) is 14.2 Å². The van der Waals surface area contributed by atoms with Gasteiger partial charge in [0.15, 0.2) is 5.75 Å². The van der Waals surface area contributed by atoms with E-state index in [9.17, 15) is 15.0 Å². The number of aromatic nitrogens is 6. The molecule has 4 aromatic rings. The van der Waals surface area contributed by atoms with Gasteiger partial charge in [-0.25, -0.2) is 9.97 Å². The Morgan fingerprint density at radius 1 is 1.29 bits per heavy atom. The van der Waals surface area contributed by atoms with Crippen LogP contribution in [0.5, 0.6) is 5.75 Å². The first-order chi connectivity index (χ1) is 14.8. The number of amides is 1. The van der Waals surface area contributed by atoms with E-state index in [0.717, 1.165) is 4.88 Å². The van der Waals surface area contributed by atoms with Crippen molar-refractivity contribution in [1.82, 2.24) is 29.5 Å². The van der Waals surface area contributed by atoms with E-state index in [2.05, 4.69) is 15.2 Å². The summed E-state index contributed by atoms with van der Waals surface area (Å²) in [5, 5.41) is 29.6. The third kappa shape index (κ3) is 3.54. The lowest BCUT2D eigenvalue weighted by atomic mass is 10.1. The van der Waals surface area contributed by atoms with Crippen molar-refractivity contribution in [3.8, 4) is 27.8 Å². The molecule has 6 N–H and O–H groups in total. The third-order valence-electron chi connectivity index (χ3n) is 4.93. The molecule has 4 heterocycles. The minimum absolute atomic E-state index is 0.000895. The van der Waals surface area contributed by atoms with Crippen LogP contribution in [0.15, 0.2) is 12.3 Å². The van der Waals surface area contributed by atoms with Crippen LogP contribution in [0.1, 0.15) is 27.5 Å². The minimum Gasteiger partial charge on any atom is -0.504 e. The highest BCUT2D eigenvalue weighted by molar-refractivity contribution is 7.15. The first-order valence-electron chi connectivity index (χ1n) is 9.56. The molecule has 4 aromatic heterocycles. The number of aliphatic hydroxyl groups is 1. The molecule has 0 aliphatic rings. The number of nitrogens with zero attached hydrogens (tertiary/aromatic N) is 6. The minimum atomic E-state index is -0.663. The van der Waals surface area contributed by atoms with Crippen LogP contribution in [0.25, 0.3) is 33.0 Å². The van der Waals surface area contributed by atoms with Crippen LogP contribution in [-0.4, -0.2) is 52.3 Å². The Kier molecular flexibility index (Phi) is 5.43. The Bertz CT molecular complexity index is 1290. The maximum absolute atomic E-state index is 11.9. The zero-order valence-electron chi connectivity index (χ0n) is 17.0. The number of pyridine rings is 1. The Labute approximate surface area is 181 Å². The number of nitrogens with two attached hydrogens (primary N) is 2. The predicted molar refractivity (Wildman–Crippen MR) is 115 cm³/mol. The van der Waals surface area contributed by atoms with E-state index in [4.69, 9.17) is 16.5 Å². The maximum Gasteiger partial charge on any atom is 0.267 e. The van der Waals surface area contributed by atoms with Crippen molar-refractivity contribution in [2.24, 2.45) is 18.5 Å². The monoisotopic (exact) mass is 442 g/mol. The quantitative estimate of drug-likeness (QED) is 0.327. The fourth-order valence-corrected chi connectivity index (χ4v) is 4.38. The second-order valence-electron chi connectivity index (χ2n) is 7.00. The predicted octanol–water partition coefficient (Wildman–Crippen LogP) is 0.909. The molecule has 11 nitrogen and oxygen atoms in total. The standard InChI is InChI=1S/C19H22N8O3S/c1-9-17(29)16(27(25-9)4-3-5-28)19-24-15(13(7-20)31-19)14-10-8-22-26(2)12(10)6-11(23-14)18(21)30/h6,8,28-29H,3-5,7,20H2,1-2H3,(H2,21,30). The molecular formula is C19H22N8O3S. The number of carbonyl (C=O) groups is 1. The molecular weight excluding hydrogens is 420 g/mol. The molecule has 0 radical (unpaired) electrons. The van der Waals surface area contributed by atoms with Gasteiger partial charge in [-0.05, 0) is 19.4 Å². The first kappa shape index (κ1) is 20.9. The Hall–Kier alpha value is -3.35. The molecule has 0 aromatic carbocycles. The summed E-state index contributed by atoms with van der Waals surface area (Å²) >= 11 is 1.31. The molecule has 0 aliphatic carbocycles. The number of fused-ring (bicyclic) bond motifs is 1. The Balaban J connectivity index is 1.94. The van der Waals surface area contributed by atoms with Gasteiger partial charge < -0.3 is 21.7 Å². The SMILES string of the molecule is Cc1nn(CCCO)c(-c2nc(-c3nc(C(N)=O)cc4c3cnn4C)c(CN)s2)c1O. The van der Waals surface area contributed by atoms with E-state index in [1.807, 2.05) is 0 Å². The van der Waals surface area contributed by atoms with Crippen LogP contribution in [0, 0.1) is 6.92 Å². The molecule has 0 saturated heterocycles. The van der Waals surface area contributed by atoms with E-state index < -0.39 is 5.91 Å². The Morgan fingerprint density at radius 3 is 2.74 bits per heavy atom. The summed E-state index contributed by atoms with van der Waals surface area (Å²) in [6, 6.07) is 1.59. The van der Waals surface area contributed by atoms with Crippen molar-refractivity contribution in [3.63, 3.8) is 0 Å². The van der Waals surface area contributed by atoms with Crippen molar-refractivity contribution in [1.29, 1.82) is 0 Å². The van der Waals surface area contributed by atoms with Crippen LogP contribution >= 0.6 is 11.3 Å². The number of thiazole rings is 1. The molecule has 0 aliphatic heterocycles. The number of carbonyl (C=O) groups excluding carboxylic acids is 1. The van der Waals surface area contributed by atoms with Crippen molar-refractivity contribution >= 4 is 28.1 Å². The average Bonchev–Trinajstić information content (AvgIpc) is 3.42. The fraction of sp³-hybridized carbons (Fsp3) is 0.316. The number of aryl methyl sites for hydroxylation is 3. The van der Waals surface area contributed by atoms with Crippen LogP contribution in [0.2, 0.25) is 0 Å². The zero-order valence-corrected chi connectivity index (χ0v) is 17.8. The third-order valence-corrected chi connectivity index (χ3v) is 6.02. The number of rotatable bonds is 7. The van der Waals surface area contributed by atoms with E-state index >= 15 is 0 Å². The molecule has 0 atom stereocenters. The zero-order chi connectivity index (χ0) is 22.3. The lowest BCUT2D eigenvalue weighted by Crippen LogP contribution is -2.14. The van der Waals surface area contributed by atoms with Gasteiger partial charge in [0, 0.05) is 37.0 Å². The molecule has 0 spiro atoms. The number of primary amides is 1. The van der Waals surface area contributed by atoms with E-state index in [1.165, 1.54) is 11.3 Å². The fourth-order valence-electron chi connectivity index (χ4n) is 3.39. The first-order valence-corrected chi connectivity index (χ1v) is 10.4. The topological polar surface area (TPSA) is 171 Å². The smallest absolute Gasteiger partial charge is 0.267 e. The molecule has 0 unspecified atom stereocenters. The maximum atomic E-state index is 11.9. The van der Waals surface area contributed by atoms with E-state index in [-0.39, 0.29) is 24.6 Å². The van der Waals surface area contributed by atoms with E-state index in [1.54, 1.807) is 35.6 Å². The molecule has 31 heavy (non-hydrogen) atoms. The van der Waals surface area contributed by atoms with Crippen LogP contribution in [0.4, 0.5) is 0 Å². The average molecular weight is 443 g/mol. The normalized spacial score (nSPS) is 11.5. The number of hydrogen-bond acceptors (Lipinski definition) is 9. The number of hydrogen-bond donors (Lipinski definition) is 4. The van der Waals surface area contributed by atoms with Crippen LogP contribution < -0.4 is 11.5 Å². The lowest BCUT2D eigenvalue weighted by Gasteiger charge is -2.05. The summed E-state index contributed by atoms with van der Waals surface area (Å²) in [4.78, 5) is 21.8. The molecule has 4 rings (SSSR count). The lowest BCUT2D eigenvalue weighted by molar-refractivity contribution is 0.0996. The molecule has 162 valence electrons.